The summed E-state index contributed by atoms with van der Waals surface area (Å²) >= 11 is 0. The normalized spacial score (nSPS) is 20.2. The Morgan fingerprint density at radius 2 is 1.92 bits per heavy atom. The fourth-order valence-corrected chi connectivity index (χ4v) is 3.51. The van der Waals surface area contributed by atoms with Crippen LogP contribution in [0.4, 0.5) is 0 Å². The highest BCUT2D eigenvalue weighted by Crippen LogP contribution is 2.52. The zero-order valence-electron chi connectivity index (χ0n) is 15.8. The molecular formula is C23H33N. The van der Waals surface area contributed by atoms with Crippen molar-refractivity contribution in [3.05, 3.63) is 65.9 Å². The van der Waals surface area contributed by atoms with E-state index in [1.54, 1.807) is 6.20 Å². The molecule has 1 aromatic rings. The van der Waals surface area contributed by atoms with Crippen LogP contribution in [0, 0.1) is 17.3 Å². The molecule has 2 N–H and O–H groups in total. The molecule has 1 fully saturated rings. The Bertz CT molecular complexity index is 602. The lowest BCUT2D eigenvalue weighted by molar-refractivity contribution is 0.421. The predicted octanol–water partition coefficient (Wildman–Crippen LogP) is 6.34. The highest BCUT2D eigenvalue weighted by atomic mass is 14.5. The zero-order valence-corrected chi connectivity index (χ0v) is 15.8. The van der Waals surface area contributed by atoms with Crippen molar-refractivity contribution < 1.29 is 0 Å². The van der Waals surface area contributed by atoms with E-state index in [1.807, 2.05) is 0 Å². The molecule has 0 amide bonds. The highest BCUT2D eigenvalue weighted by molar-refractivity contribution is 5.65. The van der Waals surface area contributed by atoms with Crippen molar-refractivity contribution >= 4 is 5.57 Å². The largest absolute Gasteiger partial charge is 0.405 e. The van der Waals surface area contributed by atoms with E-state index in [0.29, 0.717) is 17.3 Å². The molecule has 2 rings (SSSR count). The third-order valence-electron chi connectivity index (χ3n) is 5.60. The SMILES string of the molecule is C/C=C(\CC(C)C(/C=C(\C=C/N)C1(C)CC1)CC)c1ccccc1. The van der Waals surface area contributed by atoms with Gasteiger partial charge in [0.15, 0.2) is 0 Å². The number of nitrogens with two attached hydrogens (primary N) is 1. The van der Waals surface area contributed by atoms with E-state index in [2.05, 4.69) is 76.3 Å². The van der Waals surface area contributed by atoms with Gasteiger partial charge in [-0.05, 0) is 78.8 Å². The minimum atomic E-state index is 0.367. The van der Waals surface area contributed by atoms with Crippen molar-refractivity contribution in [2.45, 2.75) is 53.4 Å². The van der Waals surface area contributed by atoms with E-state index in [0.717, 1.165) is 6.42 Å². The van der Waals surface area contributed by atoms with Gasteiger partial charge in [0.05, 0.1) is 0 Å². The predicted molar refractivity (Wildman–Crippen MR) is 106 cm³/mol. The maximum atomic E-state index is 5.69. The van der Waals surface area contributed by atoms with E-state index >= 15 is 0 Å². The first kappa shape index (κ1) is 18.6. The molecule has 130 valence electrons. The Kier molecular flexibility index (Phi) is 6.48. The van der Waals surface area contributed by atoms with E-state index in [-0.39, 0.29) is 0 Å². The van der Waals surface area contributed by atoms with Gasteiger partial charge in [-0.1, -0.05) is 63.3 Å². The summed E-state index contributed by atoms with van der Waals surface area (Å²) in [4.78, 5) is 0. The lowest BCUT2D eigenvalue weighted by Crippen LogP contribution is -2.12. The molecule has 0 radical (unpaired) electrons. The quantitative estimate of drug-likeness (QED) is 0.555. The molecule has 0 aromatic heterocycles. The average molecular weight is 324 g/mol. The molecule has 2 unspecified atom stereocenters. The van der Waals surface area contributed by atoms with Gasteiger partial charge in [0.25, 0.3) is 0 Å². The molecule has 1 aliphatic rings. The molecule has 1 saturated carbocycles. The minimum Gasteiger partial charge on any atom is -0.405 e. The zero-order chi connectivity index (χ0) is 17.6. The second-order valence-corrected chi connectivity index (χ2v) is 7.48. The van der Waals surface area contributed by atoms with Gasteiger partial charge in [0, 0.05) is 0 Å². The maximum absolute atomic E-state index is 5.69. The van der Waals surface area contributed by atoms with Crippen LogP contribution in [0.15, 0.2) is 60.3 Å². The summed E-state index contributed by atoms with van der Waals surface area (Å²) in [5, 5.41) is 0. The first-order valence-electron chi connectivity index (χ1n) is 9.35. The van der Waals surface area contributed by atoms with E-state index in [9.17, 15) is 0 Å². The molecule has 24 heavy (non-hydrogen) atoms. The molecule has 2 atom stereocenters. The first-order valence-corrected chi connectivity index (χ1v) is 9.35. The van der Waals surface area contributed by atoms with Gasteiger partial charge < -0.3 is 5.73 Å². The smallest absolute Gasteiger partial charge is 0.00595 e. The van der Waals surface area contributed by atoms with Crippen LogP contribution in [0.1, 0.15) is 58.9 Å². The van der Waals surface area contributed by atoms with Gasteiger partial charge in [-0.2, -0.15) is 0 Å². The van der Waals surface area contributed by atoms with Gasteiger partial charge in [0.2, 0.25) is 0 Å². The molecule has 1 heteroatoms. The topological polar surface area (TPSA) is 26.0 Å². The number of hydrogen-bond acceptors (Lipinski definition) is 1. The van der Waals surface area contributed by atoms with Crippen molar-refractivity contribution in [1.82, 2.24) is 0 Å². The number of allylic oxidation sites excluding steroid dienone is 5. The van der Waals surface area contributed by atoms with E-state index in [4.69, 9.17) is 5.73 Å². The van der Waals surface area contributed by atoms with Crippen LogP contribution >= 0.6 is 0 Å². The lowest BCUT2D eigenvalue weighted by Gasteiger charge is -2.23. The van der Waals surface area contributed by atoms with Crippen LogP contribution in [0.2, 0.25) is 0 Å². The number of hydrogen-bond donors (Lipinski definition) is 1. The summed E-state index contributed by atoms with van der Waals surface area (Å²) < 4.78 is 0. The van der Waals surface area contributed by atoms with Crippen LogP contribution in [0.25, 0.3) is 5.57 Å². The number of benzene rings is 1. The van der Waals surface area contributed by atoms with Crippen LogP contribution in [0.5, 0.6) is 0 Å². The van der Waals surface area contributed by atoms with Gasteiger partial charge in [-0.25, -0.2) is 0 Å². The van der Waals surface area contributed by atoms with Crippen molar-refractivity contribution in [2.24, 2.45) is 23.0 Å². The molecule has 0 aliphatic heterocycles. The van der Waals surface area contributed by atoms with Crippen LogP contribution < -0.4 is 5.73 Å². The summed E-state index contributed by atoms with van der Waals surface area (Å²) in [5.41, 5.74) is 10.3. The van der Waals surface area contributed by atoms with Crippen molar-refractivity contribution in [2.75, 3.05) is 0 Å². The Balaban J connectivity index is 2.15. The van der Waals surface area contributed by atoms with Crippen LogP contribution in [-0.4, -0.2) is 0 Å². The van der Waals surface area contributed by atoms with Crippen molar-refractivity contribution in [3.63, 3.8) is 0 Å². The summed E-state index contributed by atoms with van der Waals surface area (Å²) in [7, 11) is 0. The molecule has 0 bridgehead atoms. The molecule has 0 saturated heterocycles. The Morgan fingerprint density at radius 3 is 2.42 bits per heavy atom. The Hall–Kier alpha value is -1.76. The van der Waals surface area contributed by atoms with E-state index < -0.39 is 0 Å². The molecule has 0 spiro atoms. The molecule has 1 nitrogen and oxygen atoms in total. The summed E-state index contributed by atoms with van der Waals surface area (Å²) in [5.74, 6) is 1.21. The van der Waals surface area contributed by atoms with Gasteiger partial charge in [-0.15, -0.1) is 0 Å². The highest BCUT2D eigenvalue weighted by Gasteiger charge is 2.40. The van der Waals surface area contributed by atoms with Gasteiger partial charge in [-0.3, -0.25) is 0 Å². The third kappa shape index (κ3) is 4.63. The second-order valence-electron chi connectivity index (χ2n) is 7.48. The number of rotatable bonds is 8. The van der Waals surface area contributed by atoms with Gasteiger partial charge >= 0.3 is 0 Å². The monoisotopic (exact) mass is 323 g/mol. The minimum absolute atomic E-state index is 0.367. The summed E-state index contributed by atoms with van der Waals surface area (Å²) in [6, 6.07) is 10.8. The van der Waals surface area contributed by atoms with Crippen molar-refractivity contribution in [1.29, 1.82) is 0 Å². The lowest BCUT2D eigenvalue weighted by atomic mass is 9.81. The fourth-order valence-electron chi connectivity index (χ4n) is 3.51. The summed E-state index contributed by atoms with van der Waals surface area (Å²) in [6.45, 7) is 9.20. The average Bonchev–Trinajstić information content (AvgIpc) is 3.35. The third-order valence-corrected chi connectivity index (χ3v) is 5.60. The molecule has 1 aliphatic carbocycles. The van der Waals surface area contributed by atoms with Gasteiger partial charge in [0.1, 0.15) is 0 Å². The van der Waals surface area contributed by atoms with E-state index in [1.165, 1.54) is 36.0 Å². The Labute approximate surface area is 148 Å². The summed E-state index contributed by atoms with van der Waals surface area (Å²) in [6.07, 6.45) is 13.5. The first-order chi connectivity index (χ1) is 11.5. The van der Waals surface area contributed by atoms with Crippen molar-refractivity contribution in [3.8, 4) is 0 Å². The van der Waals surface area contributed by atoms with Crippen LogP contribution in [-0.2, 0) is 0 Å². The molecule has 1 aromatic carbocycles. The maximum Gasteiger partial charge on any atom is -0.00595 e. The second kappa shape index (κ2) is 8.37. The standard InChI is InChI=1S/C23H33N/c1-5-19(17-22(12-15-24)23(4)13-14-23)18(3)16-20(6-2)21-10-8-7-9-11-21/h6-12,15,17-19H,5,13-14,16,24H2,1-4H3/b15-12-,20-6+,22-17+. The Morgan fingerprint density at radius 1 is 1.25 bits per heavy atom. The van der Waals surface area contributed by atoms with Crippen LogP contribution in [0.3, 0.4) is 0 Å². The molecular weight excluding hydrogens is 290 g/mol. The molecule has 0 heterocycles. The fraction of sp³-hybridized carbons (Fsp3) is 0.478.